The van der Waals surface area contributed by atoms with Gasteiger partial charge in [0.05, 0.1) is 6.42 Å². The van der Waals surface area contributed by atoms with Crippen LogP contribution in [0.1, 0.15) is 50.2 Å². The number of hydrogen-bond acceptors (Lipinski definition) is 2. The minimum Gasteiger partial charge on any atom is -0.352 e. The summed E-state index contributed by atoms with van der Waals surface area (Å²) in [5, 5.41) is 4.09. The van der Waals surface area contributed by atoms with Crippen LogP contribution in [0, 0.1) is 5.82 Å². The maximum Gasteiger partial charge on any atom is 0.242 e. The van der Waals surface area contributed by atoms with Gasteiger partial charge in [0, 0.05) is 33.2 Å². The van der Waals surface area contributed by atoms with Crippen LogP contribution in [-0.4, -0.2) is 28.8 Å². The molecule has 0 bridgehead atoms. The molecule has 0 aliphatic heterocycles. The van der Waals surface area contributed by atoms with Crippen molar-refractivity contribution < 1.29 is 14.0 Å². The Balaban J connectivity index is 1.83. The van der Waals surface area contributed by atoms with Crippen LogP contribution < -0.4 is 5.32 Å². The van der Waals surface area contributed by atoms with Crippen molar-refractivity contribution in [2.75, 3.05) is 0 Å². The second-order valence-electron chi connectivity index (χ2n) is 8.15. The van der Waals surface area contributed by atoms with Crippen LogP contribution in [0.5, 0.6) is 0 Å². The first-order valence-electron chi connectivity index (χ1n) is 10.7. The maximum absolute atomic E-state index is 14.3. The van der Waals surface area contributed by atoms with Gasteiger partial charge < -0.3 is 10.2 Å². The summed E-state index contributed by atoms with van der Waals surface area (Å²) in [7, 11) is 0. The second-order valence-corrected chi connectivity index (χ2v) is 9.40. The molecule has 3 rings (SSSR count). The molecule has 4 nitrogen and oxygen atoms in total. The first kappa shape index (κ1) is 24.8. The van der Waals surface area contributed by atoms with Gasteiger partial charge in [-0.1, -0.05) is 66.2 Å². The van der Waals surface area contributed by atoms with Crippen LogP contribution in [0.4, 0.5) is 4.39 Å². The number of nitrogens with zero attached hydrogens (tertiary/aromatic N) is 1. The lowest BCUT2D eigenvalue weighted by atomic mass is 9.95. The van der Waals surface area contributed by atoms with Gasteiger partial charge in [0.1, 0.15) is 11.9 Å². The highest BCUT2D eigenvalue weighted by Gasteiger charge is 2.29. The number of amides is 2. The largest absolute Gasteiger partial charge is 0.352 e. The molecule has 0 heterocycles. The predicted octanol–water partition coefficient (Wildman–Crippen LogP) is 6.19. The molecular weight excluding hydrogens is 474 g/mol. The molecule has 1 fully saturated rings. The van der Waals surface area contributed by atoms with E-state index in [1.165, 1.54) is 29.5 Å². The van der Waals surface area contributed by atoms with Crippen molar-refractivity contribution in [1.29, 1.82) is 0 Å². The summed E-state index contributed by atoms with van der Waals surface area (Å²) in [5.41, 5.74) is 0.743. The fraction of sp³-hybridized carbons (Fsp3) is 0.417. The highest BCUT2D eigenvalue weighted by Crippen LogP contribution is 2.25. The minimum absolute atomic E-state index is 0.0835. The molecule has 0 unspecified atom stereocenters. The van der Waals surface area contributed by atoms with Gasteiger partial charge in [-0.2, -0.15) is 0 Å². The summed E-state index contributed by atoms with van der Waals surface area (Å²) in [6.07, 6.45) is 4.92. The fourth-order valence-electron chi connectivity index (χ4n) is 3.94. The smallest absolute Gasteiger partial charge is 0.242 e. The van der Waals surface area contributed by atoms with E-state index in [0.29, 0.717) is 15.6 Å². The highest BCUT2D eigenvalue weighted by atomic mass is 35.5. The Morgan fingerprint density at radius 3 is 2.47 bits per heavy atom. The first-order valence-corrected chi connectivity index (χ1v) is 11.9. The zero-order valence-corrected chi connectivity index (χ0v) is 20.1. The van der Waals surface area contributed by atoms with Crippen molar-refractivity contribution in [2.45, 2.75) is 64.1 Å². The van der Waals surface area contributed by atoms with Gasteiger partial charge in [-0.25, -0.2) is 4.39 Å². The monoisotopic (exact) mass is 498 g/mol. The Kier molecular flexibility index (Phi) is 8.80. The predicted molar refractivity (Wildman–Crippen MR) is 127 cm³/mol. The zero-order chi connectivity index (χ0) is 23.3. The molecule has 8 heteroatoms. The topological polar surface area (TPSA) is 49.4 Å². The standard InChI is InChI=1S/C24H26Cl3FN2O2/c1-15(24(32)29-18-6-3-2-4-7-18)30(14-16-10-11-17(25)12-21(16)27)23(31)13-19-20(26)8-5-9-22(19)28/h5,8-12,15,18H,2-4,6-7,13-14H2,1H3,(H,29,32)/t15-/m1/s1. The maximum atomic E-state index is 14.3. The van der Waals surface area contributed by atoms with Gasteiger partial charge in [0.15, 0.2) is 0 Å². The highest BCUT2D eigenvalue weighted by molar-refractivity contribution is 6.35. The Hall–Kier alpha value is -1.82. The Labute approximate surface area is 203 Å². The summed E-state index contributed by atoms with van der Waals surface area (Å²) in [4.78, 5) is 27.7. The van der Waals surface area contributed by atoms with Crippen molar-refractivity contribution in [3.63, 3.8) is 0 Å². The average Bonchev–Trinajstić information content (AvgIpc) is 2.76. The number of rotatable bonds is 7. The molecule has 0 radical (unpaired) electrons. The van der Waals surface area contributed by atoms with Gasteiger partial charge in [-0.15, -0.1) is 0 Å². The van der Waals surface area contributed by atoms with Gasteiger partial charge in [-0.3, -0.25) is 9.59 Å². The van der Waals surface area contributed by atoms with Crippen LogP contribution in [0.2, 0.25) is 15.1 Å². The molecule has 0 saturated heterocycles. The van der Waals surface area contributed by atoms with E-state index in [-0.39, 0.29) is 35.5 Å². The molecule has 32 heavy (non-hydrogen) atoms. The molecule has 0 spiro atoms. The number of nitrogens with one attached hydrogen (secondary N) is 1. The lowest BCUT2D eigenvalue weighted by Crippen LogP contribution is -2.50. The average molecular weight is 500 g/mol. The molecule has 1 N–H and O–H groups in total. The third-order valence-electron chi connectivity index (χ3n) is 5.86. The van der Waals surface area contributed by atoms with E-state index in [1.54, 1.807) is 25.1 Å². The van der Waals surface area contributed by atoms with Crippen molar-refractivity contribution in [2.24, 2.45) is 0 Å². The quantitative estimate of drug-likeness (QED) is 0.493. The fourth-order valence-corrected chi connectivity index (χ4v) is 4.64. The van der Waals surface area contributed by atoms with Gasteiger partial charge in [-0.05, 0) is 49.6 Å². The van der Waals surface area contributed by atoms with Gasteiger partial charge >= 0.3 is 0 Å². The van der Waals surface area contributed by atoms with E-state index in [4.69, 9.17) is 34.8 Å². The van der Waals surface area contributed by atoms with Crippen LogP contribution >= 0.6 is 34.8 Å². The molecule has 1 aliphatic rings. The molecule has 2 amide bonds. The lowest BCUT2D eigenvalue weighted by molar-refractivity contribution is -0.140. The van der Waals surface area contributed by atoms with E-state index in [1.807, 2.05) is 0 Å². The molecule has 1 atom stereocenters. The SMILES string of the molecule is C[C@H](C(=O)NC1CCCCC1)N(Cc1ccc(Cl)cc1Cl)C(=O)Cc1c(F)cccc1Cl. The number of carbonyl (C=O) groups excluding carboxylic acids is 2. The summed E-state index contributed by atoms with van der Waals surface area (Å²) in [5.74, 6) is -1.22. The van der Waals surface area contributed by atoms with Crippen molar-refractivity contribution >= 4 is 46.6 Å². The van der Waals surface area contributed by atoms with E-state index in [0.717, 1.165) is 25.7 Å². The number of hydrogen-bond donors (Lipinski definition) is 1. The zero-order valence-electron chi connectivity index (χ0n) is 17.8. The van der Waals surface area contributed by atoms with E-state index in [2.05, 4.69) is 5.32 Å². The Morgan fingerprint density at radius 1 is 1.09 bits per heavy atom. The third-order valence-corrected chi connectivity index (χ3v) is 6.81. The normalized spacial score (nSPS) is 15.3. The van der Waals surface area contributed by atoms with Crippen LogP contribution in [0.25, 0.3) is 0 Å². The molecule has 2 aromatic carbocycles. The molecule has 0 aromatic heterocycles. The molecule has 172 valence electrons. The van der Waals surface area contributed by atoms with Gasteiger partial charge in [0.25, 0.3) is 0 Å². The van der Waals surface area contributed by atoms with Crippen LogP contribution in [0.15, 0.2) is 36.4 Å². The molecule has 2 aromatic rings. The summed E-state index contributed by atoms with van der Waals surface area (Å²) in [6, 6.07) is 8.58. The van der Waals surface area contributed by atoms with Crippen molar-refractivity contribution in [3.05, 3.63) is 68.4 Å². The first-order chi connectivity index (χ1) is 15.3. The Bertz CT molecular complexity index is 959. The van der Waals surface area contributed by atoms with E-state index in [9.17, 15) is 14.0 Å². The van der Waals surface area contributed by atoms with Crippen LogP contribution in [0.3, 0.4) is 0 Å². The van der Waals surface area contributed by atoms with E-state index >= 15 is 0 Å². The summed E-state index contributed by atoms with van der Waals surface area (Å²) in [6.45, 7) is 1.75. The Morgan fingerprint density at radius 2 is 1.81 bits per heavy atom. The van der Waals surface area contributed by atoms with Crippen molar-refractivity contribution in [3.8, 4) is 0 Å². The molecular formula is C24H26Cl3FN2O2. The number of halogens is 4. The second kappa shape index (κ2) is 11.4. The minimum atomic E-state index is -0.776. The van der Waals surface area contributed by atoms with Crippen LogP contribution in [-0.2, 0) is 22.6 Å². The number of benzene rings is 2. The van der Waals surface area contributed by atoms with Gasteiger partial charge in [0.2, 0.25) is 11.8 Å². The van der Waals surface area contributed by atoms with Crippen molar-refractivity contribution in [1.82, 2.24) is 10.2 Å². The molecule has 1 saturated carbocycles. The summed E-state index contributed by atoms with van der Waals surface area (Å²) >= 11 is 18.4. The van der Waals surface area contributed by atoms with E-state index < -0.39 is 17.8 Å². The third kappa shape index (κ3) is 6.37. The number of carbonyl (C=O) groups is 2. The lowest BCUT2D eigenvalue weighted by Gasteiger charge is -2.31. The molecule has 1 aliphatic carbocycles. The summed E-state index contributed by atoms with van der Waals surface area (Å²) < 4.78 is 14.3.